The number of anilines is 2. The van der Waals surface area contributed by atoms with E-state index in [1.165, 1.54) is 6.20 Å². The number of aliphatic hydroxyl groups is 1. The summed E-state index contributed by atoms with van der Waals surface area (Å²) < 4.78 is 75.1. The van der Waals surface area contributed by atoms with Crippen LogP contribution in [0.2, 0.25) is 0 Å². The summed E-state index contributed by atoms with van der Waals surface area (Å²) in [7, 11) is 0. The smallest absolute Gasteiger partial charge is 0.389 e. The predicted octanol–water partition coefficient (Wildman–Crippen LogP) is 4.15. The first-order valence-corrected chi connectivity index (χ1v) is 13.4. The van der Waals surface area contributed by atoms with E-state index >= 15 is 4.39 Å². The van der Waals surface area contributed by atoms with Gasteiger partial charge in [0.05, 0.1) is 35.4 Å². The number of aromatic nitrogens is 3. The highest BCUT2D eigenvalue weighted by molar-refractivity contribution is 7.23. The maximum atomic E-state index is 16.5. The summed E-state index contributed by atoms with van der Waals surface area (Å²) in [4.78, 5) is 14.9. The third-order valence-electron chi connectivity index (χ3n) is 7.70. The molecule has 1 saturated heterocycles. The number of hydrogen-bond acceptors (Lipinski definition) is 10. The third kappa shape index (κ3) is 4.42. The molecule has 0 aliphatic carbocycles. The molecule has 0 bridgehead atoms. The number of ether oxygens (including phenoxy) is 1. The maximum absolute atomic E-state index is 16.5. The quantitative estimate of drug-likeness (QED) is 0.293. The number of rotatable bonds is 5. The lowest BCUT2D eigenvalue weighted by Crippen LogP contribution is -2.46. The van der Waals surface area contributed by atoms with E-state index in [-0.39, 0.29) is 62.6 Å². The van der Waals surface area contributed by atoms with Crippen LogP contribution in [-0.2, 0) is 18.0 Å². The number of alkyl halides is 3. The van der Waals surface area contributed by atoms with Gasteiger partial charge in [-0.3, -0.25) is 4.98 Å². The Morgan fingerprint density at radius 1 is 1.27 bits per heavy atom. The Morgan fingerprint density at radius 3 is 2.76 bits per heavy atom. The molecular weight excluding hydrogens is 569 g/mol. The minimum atomic E-state index is -4.73. The van der Waals surface area contributed by atoms with E-state index in [4.69, 9.17) is 10.5 Å². The van der Waals surface area contributed by atoms with E-state index in [0.29, 0.717) is 29.5 Å². The molecule has 4 aromatic rings. The molecule has 1 fully saturated rings. The van der Waals surface area contributed by atoms with Crippen molar-refractivity contribution in [3.63, 3.8) is 0 Å². The number of hydrogen-bond donors (Lipinski definition) is 3. The van der Waals surface area contributed by atoms with Crippen molar-refractivity contribution in [3.8, 4) is 17.3 Å². The van der Waals surface area contributed by atoms with Gasteiger partial charge >= 0.3 is 6.18 Å². The summed E-state index contributed by atoms with van der Waals surface area (Å²) in [5.74, 6) is -1.27. The topological polar surface area (TPSA) is 133 Å². The highest BCUT2D eigenvalue weighted by Gasteiger charge is 2.40. The van der Waals surface area contributed by atoms with Crippen LogP contribution in [0, 0.1) is 23.0 Å². The number of fused-ring (bicyclic) bond motifs is 4. The van der Waals surface area contributed by atoms with Crippen molar-refractivity contribution >= 4 is 43.3 Å². The Bertz CT molecular complexity index is 1740. The predicted molar refractivity (Wildman–Crippen MR) is 141 cm³/mol. The van der Waals surface area contributed by atoms with Crippen LogP contribution in [0.3, 0.4) is 0 Å². The second-order valence-electron chi connectivity index (χ2n) is 9.98. The van der Waals surface area contributed by atoms with Gasteiger partial charge in [-0.05, 0) is 24.5 Å². The summed E-state index contributed by atoms with van der Waals surface area (Å²) in [6, 6.07) is 1.21. The van der Waals surface area contributed by atoms with Crippen LogP contribution < -0.4 is 16.0 Å². The zero-order chi connectivity index (χ0) is 29.2. The van der Waals surface area contributed by atoms with Crippen LogP contribution in [0.5, 0.6) is 0 Å². The van der Waals surface area contributed by atoms with Gasteiger partial charge in [-0.25, -0.2) is 18.7 Å². The van der Waals surface area contributed by atoms with Gasteiger partial charge in [-0.15, -0.1) is 11.3 Å². The molecule has 4 N–H and O–H groups in total. The summed E-state index contributed by atoms with van der Waals surface area (Å²) in [6.45, 7) is 1.71. The maximum Gasteiger partial charge on any atom is 0.415 e. The summed E-state index contributed by atoms with van der Waals surface area (Å²) in [6.07, 6.45) is -4.34. The monoisotopic (exact) mass is 591 g/mol. The number of aliphatic hydroxyl groups excluding tert-OH is 1. The molecule has 15 heteroatoms. The van der Waals surface area contributed by atoms with Crippen LogP contribution >= 0.6 is 11.3 Å². The SMILES string of the molecule is C[C@H]1[C@@H](NC[C@@H](O)C(F)(F)F)CCN1c1ncc2c3c(c(-c4ncc(F)c5sc(N)c(C#N)c45)c(F)c2n1)COC3. The van der Waals surface area contributed by atoms with Crippen LogP contribution in [0.1, 0.15) is 30.0 Å². The lowest BCUT2D eigenvalue weighted by Gasteiger charge is -2.26. The molecule has 9 nitrogen and oxygen atoms in total. The summed E-state index contributed by atoms with van der Waals surface area (Å²) in [5.41, 5.74) is 7.15. The zero-order valence-corrected chi connectivity index (χ0v) is 22.2. The second kappa shape index (κ2) is 9.98. The van der Waals surface area contributed by atoms with Crippen LogP contribution in [0.25, 0.3) is 32.2 Å². The summed E-state index contributed by atoms with van der Waals surface area (Å²) in [5, 5.41) is 22.4. The molecular formula is C26H22F5N7O2S. The van der Waals surface area contributed by atoms with Crippen molar-refractivity contribution < 1.29 is 31.8 Å². The molecule has 1 aromatic carbocycles. The Balaban J connectivity index is 1.44. The molecule has 2 aliphatic rings. The van der Waals surface area contributed by atoms with Gasteiger partial charge in [0.2, 0.25) is 5.95 Å². The van der Waals surface area contributed by atoms with Crippen LogP contribution in [-0.4, -0.2) is 57.5 Å². The normalized spacial score (nSPS) is 19.7. The molecule has 0 spiro atoms. The van der Waals surface area contributed by atoms with Gasteiger partial charge in [0.1, 0.15) is 16.6 Å². The molecule has 3 aromatic heterocycles. The van der Waals surface area contributed by atoms with Gasteiger partial charge in [0.25, 0.3) is 0 Å². The lowest BCUT2D eigenvalue weighted by atomic mass is 9.94. The van der Waals surface area contributed by atoms with Gasteiger partial charge in [0.15, 0.2) is 17.7 Å². The zero-order valence-electron chi connectivity index (χ0n) is 21.4. The van der Waals surface area contributed by atoms with Crippen molar-refractivity contribution in [3.05, 3.63) is 40.7 Å². The highest BCUT2D eigenvalue weighted by Crippen LogP contribution is 2.45. The second-order valence-corrected chi connectivity index (χ2v) is 11.0. The average molecular weight is 592 g/mol. The molecule has 0 unspecified atom stereocenters. The number of pyridine rings is 1. The number of nitrogens with two attached hydrogens (primary N) is 1. The van der Waals surface area contributed by atoms with Crippen LogP contribution in [0.15, 0.2) is 12.4 Å². The minimum Gasteiger partial charge on any atom is -0.389 e. The number of thiophene rings is 1. The number of benzene rings is 1. The largest absolute Gasteiger partial charge is 0.415 e. The molecule has 0 radical (unpaired) electrons. The fraction of sp³-hybridized carbons (Fsp3) is 0.385. The molecule has 6 rings (SSSR count). The molecule has 5 heterocycles. The first kappa shape index (κ1) is 27.5. The van der Waals surface area contributed by atoms with Crippen molar-refractivity contribution in [2.24, 2.45) is 0 Å². The fourth-order valence-electron chi connectivity index (χ4n) is 5.55. The molecule has 214 valence electrons. The number of nitrogens with zero attached hydrogens (tertiary/aromatic N) is 5. The van der Waals surface area contributed by atoms with Gasteiger partial charge < -0.3 is 25.8 Å². The Kier molecular flexibility index (Phi) is 6.68. The van der Waals surface area contributed by atoms with E-state index in [0.717, 1.165) is 17.5 Å². The number of nitriles is 1. The lowest BCUT2D eigenvalue weighted by molar-refractivity contribution is -0.202. The number of nitrogens with one attached hydrogen (secondary N) is 1. The molecule has 3 atom stereocenters. The van der Waals surface area contributed by atoms with Gasteiger partial charge in [0, 0.05) is 47.7 Å². The van der Waals surface area contributed by atoms with E-state index in [1.54, 1.807) is 11.8 Å². The Labute approximate surface area is 233 Å². The van der Waals surface area contributed by atoms with E-state index in [9.17, 15) is 27.9 Å². The Hall–Kier alpha value is -3.71. The average Bonchev–Trinajstić information content (AvgIpc) is 3.65. The first-order valence-electron chi connectivity index (χ1n) is 12.6. The van der Waals surface area contributed by atoms with Gasteiger partial charge in [-0.1, -0.05) is 0 Å². The minimum absolute atomic E-state index is 0.00242. The van der Waals surface area contributed by atoms with Crippen LogP contribution in [0.4, 0.5) is 32.9 Å². The highest BCUT2D eigenvalue weighted by atomic mass is 32.1. The van der Waals surface area contributed by atoms with Crippen molar-refractivity contribution in [1.29, 1.82) is 5.26 Å². The van der Waals surface area contributed by atoms with E-state index in [2.05, 4.69) is 20.3 Å². The van der Waals surface area contributed by atoms with E-state index < -0.39 is 36.5 Å². The number of halogens is 5. The Morgan fingerprint density at radius 2 is 2.02 bits per heavy atom. The van der Waals surface area contributed by atoms with Crippen molar-refractivity contribution in [1.82, 2.24) is 20.3 Å². The molecule has 41 heavy (non-hydrogen) atoms. The third-order valence-corrected chi connectivity index (χ3v) is 8.72. The molecule has 0 saturated carbocycles. The van der Waals surface area contributed by atoms with Gasteiger partial charge in [-0.2, -0.15) is 18.4 Å². The summed E-state index contributed by atoms with van der Waals surface area (Å²) >= 11 is 0.878. The standard InChI is InChI=1S/C26H22F5N7O2S/c1-10-16(34-7-17(39)26(29,30)31)2-3-38(10)25-36-5-12-13-8-40-9-14(13)18(20(28)21(12)37-25)22-19-11(4-32)24(33)41-23(19)15(27)6-35-22/h5-6,10,16-17,34,39H,2-3,7-9,33H2,1H3/t10-,16-,17+/m0/s1. The first-order chi connectivity index (χ1) is 19.5. The number of nitrogen functional groups attached to an aromatic ring is 1. The molecule has 2 aliphatic heterocycles. The molecule has 0 amide bonds. The van der Waals surface area contributed by atoms with E-state index in [1.807, 2.05) is 6.07 Å². The fourth-order valence-corrected chi connectivity index (χ4v) is 6.47. The van der Waals surface area contributed by atoms with Crippen molar-refractivity contribution in [2.45, 2.75) is 50.9 Å². The van der Waals surface area contributed by atoms with Crippen molar-refractivity contribution in [2.75, 3.05) is 23.7 Å².